The Balaban J connectivity index is 1.38. The van der Waals surface area contributed by atoms with Crippen molar-refractivity contribution >= 4 is 33.8 Å². The Morgan fingerprint density at radius 3 is 2.58 bits per heavy atom. The number of rotatable bonds is 10. The number of anilines is 4. The quantitative estimate of drug-likeness (QED) is 0.303. The monoisotopic (exact) mass is 551 g/mol. The van der Waals surface area contributed by atoms with E-state index in [1.54, 1.807) is 24.4 Å². The maximum absolute atomic E-state index is 13.5. The summed E-state index contributed by atoms with van der Waals surface area (Å²) in [4.78, 5) is 15.5. The molecule has 2 N–H and O–H groups in total. The molecule has 40 heavy (non-hydrogen) atoms. The summed E-state index contributed by atoms with van der Waals surface area (Å²) in [6.45, 7) is 2.77. The van der Waals surface area contributed by atoms with Gasteiger partial charge in [0.05, 0.1) is 34.5 Å². The van der Waals surface area contributed by atoms with Crippen LogP contribution in [0.15, 0.2) is 48.9 Å². The first-order valence-corrected chi connectivity index (χ1v) is 13.2. The maximum Gasteiger partial charge on any atom is 0.387 e. The van der Waals surface area contributed by atoms with Gasteiger partial charge in [-0.25, -0.2) is 9.97 Å². The Labute approximate surface area is 232 Å². The average molecular weight is 552 g/mol. The Morgan fingerprint density at radius 2 is 1.82 bits per heavy atom. The molecule has 0 amide bonds. The molecule has 10 nitrogen and oxygen atoms in total. The summed E-state index contributed by atoms with van der Waals surface area (Å²) < 4.78 is 33.7. The highest BCUT2D eigenvalue weighted by molar-refractivity contribution is 5.85. The number of aryl methyl sites for hydroxylation is 1. The van der Waals surface area contributed by atoms with Gasteiger partial charge in [0, 0.05) is 83.5 Å². The van der Waals surface area contributed by atoms with Gasteiger partial charge in [0.15, 0.2) is 5.75 Å². The van der Waals surface area contributed by atoms with E-state index in [2.05, 4.69) is 47.4 Å². The van der Waals surface area contributed by atoms with Crippen molar-refractivity contribution in [1.29, 1.82) is 0 Å². The topological polar surface area (TPSA) is 86.6 Å². The number of fused-ring (bicyclic) bond motifs is 1. The standard InChI is InChI=1S/C28H35F2N9O/c1-31-22-14-23(26(40-28(29)30)16-25(22)37(3)9-12-39-10-7-36(2)8-11-39)35-27-15-21(32-18-33-27)19-5-6-24-20(13-19)17-34-38(24)4/h5-6,13-18,28,31H,7-12H2,1-4H3,(H,32,33,35). The van der Waals surface area contributed by atoms with Crippen LogP contribution < -0.4 is 20.3 Å². The summed E-state index contributed by atoms with van der Waals surface area (Å²) in [7, 11) is 7.79. The van der Waals surface area contributed by atoms with E-state index in [1.165, 1.54) is 6.33 Å². The predicted octanol–water partition coefficient (Wildman–Crippen LogP) is 4.10. The van der Waals surface area contributed by atoms with E-state index >= 15 is 0 Å². The molecule has 2 aromatic heterocycles. The summed E-state index contributed by atoms with van der Waals surface area (Å²) in [6, 6.07) is 11.1. The van der Waals surface area contributed by atoms with Crippen molar-refractivity contribution in [3.8, 4) is 17.0 Å². The van der Waals surface area contributed by atoms with Crippen LogP contribution in [0.5, 0.6) is 5.75 Å². The van der Waals surface area contributed by atoms with Crippen LogP contribution >= 0.6 is 0 Å². The molecule has 1 aliphatic heterocycles. The first-order chi connectivity index (χ1) is 19.3. The van der Waals surface area contributed by atoms with Crippen LogP contribution in [-0.2, 0) is 7.05 Å². The van der Waals surface area contributed by atoms with Crippen molar-refractivity contribution in [2.45, 2.75) is 6.61 Å². The second kappa shape index (κ2) is 12.0. The fourth-order valence-corrected chi connectivity index (χ4v) is 4.90. The molecular weight excluding hydrogens is 516 g/mol. The molecule has 5 rings (SSSR count). The first-order valence-electron chi connectivity index (χ1n) is 13.2. The minimum atomic E-state index is -2.98. The van der Waals surface area contributed by atoms with E-state index in [4.69, 9.17) is 4.74 Å². The molecule has 0 aliphatic carbocycles. The van der Waals surface area contributed by atoms with Gasteiger partial charge in [-0.2, -0.15) is 13.9 Å². The van der Waals surface area contributed by atoms with E-state index < -0.39 is 6.61 Å². The van der Waals surface area contributed by atoms with Crippen molar-refractivity contribution in [3.63, 3.8) is 0 Å². The molecular formula is C28H35F2N9O. The van der Waals surface area contributed by atoms with Crippen LogP contribution in [0, 0.1) is 0 Å². The van der Waals surface area contributed by atoms with Gasteiger partial charge >= 0.3 is 6.61 Å². The molecule has 12 heteroatoms. The molecule has 0 unspecified atom stereocenters. The number of alkyl halides is 2. The SMILES string of the molecule is CNc1cc(Nc2cc(-c3ccc4c(cnn4C)c3)ncn2)c(OC(F)F)cc1N(C)CCN1CCN(C)CC1. The highest BCUT2D eigenvalue weighted by Gasteiger charge is 2.19. The van der Waals surface area contributed by atoms with Crippen LogP contribution in [0.25, 0.3) is 22.2 Å². The lowest BCUT2D eigenvalue weighted by atomic mass is 10.1. The number of aromatic nitrogens is 4. The molecule has 1 fully saturated rings. The van der Waals surface area contributed by atoms with Crippen LogP contribution in [-0.4, -0.2) is 96.6 Å². The fourth-order valence-electron chi connectivity index (χ4n) is 4.90. The van der Waals surface area contributed by atoms with Crippen LogP contribution in [0.3, 0.4) is 0 Å². The maximum atomic E-state index is 13.5. The van der Waals surface area contributed by atoms with Crippen molar-refractivity contribution in [2.75, 3.05) is 75.9 Å². The molecule has 0 bridgehead atoms. The van der Waals surface area contributed by atoms with Crippen molar-refractivity contribution in [2.24, 2.45) is 7.05 Å². The van der Waals surface area contributed by atoms with Gasteiger partial charge in [0.1, 0.15) is 12.1 Å². The number of hydrogen-bond acceptors (Lipinski definition) is 9. The Morgan fingerprint density at radius 1 is 1.02 bits per heavy atom. The summed E-state index contributed by atoms with van der Waals surface area (Å²) in [6.07, 6.45) is 3.24. The summed E-state index contributed by atoms with van der Waals surface area (Å²) in [5.74, 6) is 0.487. The lowest BCUT2D eigenvalue weighted by Crippen LogP contribution is -2.46. The largest absolute Gasteiger partial charge is 0.433 e. The first kappa shape index (κ1) is 27.5. The Bertz CT molecular complexity index is 1450. The molecule has 1 aliphatic rings. The molecule has 0 atom stereocenters. The minimum absolute atomic E-state index is 0.0346. The zero-order valence-corrected chi connectivity index (χ0v) is 23.2. The van der Waals surface area contributed by atoms with Gasteiger partial charge in [-0.15, -0.1) is 0 Å². The molecule has 3 heterocycles. The van der Waals surface area contributed by atoms with Crippen LogP contribution in [0.2, 0.25) is 0 Å². The molecule has 2 aromatic carbocycles. The fraction of sp³-hybridized carbons (Fsp3) is 0.393. The van der Waals surface area contributed by atoms with Gasteiger partial charge in [-0.05, 0) is 25.2 Å². The molecule has 0 saturated carbocycles. The number of piperazine rings is 1. The van der Waals surface area contributed by atoms with Crippen molar-refractivity contribution in [1.82, 2.24) is 29.5 Å². The number of nitrogens with zero attached hydrogens (tertiary/aromatic N) is 7. The highest BCUT2D eigenvalue weighted by atomic mass is 19.3. The smallest absolute Gasteiger partial charge is 0.387 e. The zero-order valence-electron chi connectivity index (χ0n) is 23.2. The van der Waals surface area contributed by atoms with Crippen molar-refractivity contribution in [3.05, 3.63) is 48.9 Å². The number of halogens is 2. The molecule has 1 saturated heterocycles. The third kappa shape index (κ3) is 6.23. The summed E-state index contributed by atoms with van der Waals surface area (Å²) >= 11 is 0. The predicted molar refractivity (Wildman–Crippen MR) is 155 cm³/mol. The van der Waals surface area contributed by atoms with E-state index in [0.29, 0.717) is 17.2 Å². The molecule has 4 aromatic rings. The van der Waals surface area contributed by atoms with Gasteiger partial charge in [-0.3, -0.25) is 9.58 Å². The lowest BCUT2D eigenvalue weighted by Gasteiger charge is -2.34. The van der Waals surface area contributed by atoms with Crippen LogP contribution in [0.4, 0.5) is 31.7 Å². The normalized spacial score (nSPS) is 14.6. The summed E-state index contributed by atoms with van der Waals surface area (Å²) in [5.41, 5.74) is 4.51. The molecule has 0 spiro atoms. The van der Waals surface area contributed by atoms with Crippen molar-refractivity contribution < 1.29 is 13.5 Å². The third-order valence-electron chi connectivity index (χ3n) is 7.31. The van der Waals surface area contributed by atoms with Gasteiger partial charge in [-0.1, -0.05) is 6.07 Å². The molecule has 212 valence electrons. The van der Waals surface area contributed by atoms with E-state index in [1.807, 2.05) is 44.0 Å². The summed E-state index contributed by atoms with van der Waals surface area (Å²) in [5, 5.41) is 11.6. The van der Waals surface area contributed by atoms with E-state index in [0.717, 1.165) is 67.1 Å². The third-order valence-corrected chi connectivity index (χ3v) is 7.31. The van der Waals surface area contributed by atoms with E-state index in [9.17, 15) is 8.78 Å². The van der Waals surface area contributed by atoms with Gasteiger partial charge in [0.25, 0.3) is 0 Å². The number of nitrogens with one attached hydrogen (secondary N) is 2. The van der Waals surface area contributed by atoms with E-state index in [-0.39, 0.29) is 5.75 Å². The Hall–Kier alpha value is -4.03. The number of benzene rings is 2. The van der Waals surface area contributed by atoms with Gasteiger partial charge < -0.3 is 25.2 Å². The minimum Gasteiger partial charge on any atom is -0.433 e. The highest BCUT2D eigenvalue weighted by Crippen LogP contribution is 2.39. The number of hydrogen-bond donors (Lipinski definition) is 2. The average Bonchev–Trinajstić information content (AvgIpc) is 3.33. The van der Waals surface area contributed by atoms with Crippen LogP contribution in [0.1, 0.15) is 0 Å². The number of ether oxygens (including phenoxy) is 1. The molecule has 0 radical (unpaired) electrons. The Kier molecular flexibility index (Phi) is 8.27. The second-order valence-corrected chi connectivity index (χ2v) is 10.0. The lowest BCUT2D eigenvalue weighted by molar-refractivity contribution is -0.0493. The zero-order chi connectivity index (χ0) is 28.2. The van der Waals surface area contributed by atoms with Gasteiger partial charge in [0.2, 0.25) is 0 Å². The number of likely N-dealkylation sites (N-methyl/N-ethyl adjacent to an activating group) is 2. The second-order valence-electron chi connectivity index (χ2n) is 10.0.